The molecule has 2 N–H and O–H groups in total. The third kappa shape index (κ3) is 6.16. The highest BCUT2D eigenvalue weighted by molar-refractivity contribution is 5.98. The molecule has 6 heteroatoms. The van der Waals surface area contributed by atoms with Gasteiger partial charge < -0.3 is 9.47 Å². The summed E-state index contributed by atoms with van der Waals surface area (Å²) in [7, 11) is 1.52. The van der Waals surface area contributed by atoms with Crippen LogP contribution in [-0.4, -0.2) is 25.5 Å². The van der Waals surface area contributed by atoms with Gasteiger partial charge in [0.05, 0.1) is 13.7 Å². The number of benzene rings is 2. The second-order valence-electron chi connectivity index (χ2n) is 6.20. The zero-order chi connectivity index (χ0) is 20.4. The lowest BCUT2D eigenvalue weighted by molar-refractivity contribution is -0.117. The largest absolute Gasteiger partial charge is 0.493 e. The Kier molecular flexibility index (Phi) is 8.09. The van der Waals surface area contributed by atoms with Crippen molar-refractivity contribution in [1.29, 1.82) is 0 Å². The number of aryl methyl sites for hydroxylation is 1. The fraction of sp³-hybridized carbons (Fsp3) is 0.273. The van der Waals surface area contributed by atoms with E-state index < -0.39 is 11.8 Å². The number of hydrogen-bond acceptors (Lipinski definition) is 4. The van der Waals surface area contributed by atoms with Crippen LogP contribution in [0.15, 0.2) is 48.5 Å². The number of rotatable bonds is 8. The Bertz CT molecular complexity index is 846. The summed E-state index contributed by atoms with van der Waals surface area (Å²) in [5.41, 5.74) is 7.10. The van der Waals surface area contributed by atoms with Crippen LogP contribution >= 0.6 is 0 Å². The average Bonchev–Trinajstić information content (AvgIpc) is 2.71. The topological polar surface area (TPSA) is 76.7 Å². The van der Waals surface area contributed by atoms with Crippen LogP contribution in [0.4, 0.5) is 0 Å². The SMILES string of the molecule is CCCCOc1ccc(C(=O)NNC(=O)/C=C/c2ccccc2C)cc1OC. The molecule has 0 saturated heterocycles. The van der Waals surface area contributed by atoms with Crippen molar-refractivity contribution in [1.82, 2.24) is 10.9 Å². The van der Waals surface area contributed by atoms with Gasteiger partial charge in [-0.1, -0.05) is 37.6 Å². The van der Waals surface area contributed by atoms with Crippen LogP contribution in [0, 0.1) is 6.92 Å². The minimum Gasteiger partial charge on any atom is -0.493 e. The van der Waals surface area contributed by atoms with E-state index in [1.54, 1.807) is 24.3 Å². The van der Waals surface area contributed by atoms with Crippen molar-refractivity contribution in [2.45, 2.75) is 26.7 Å². The van der Waals surface area contributed by atoms with Gasteiger partial charge in [0.25, 0.3) is 11.8 Å². The highest BCUT2D eigenvalue weighted by Crippen LogP contribution is 2.28. The zero-order valence-electron chi connectivity index (χ0n) is 16.5. The van der Waals surface area contributed by atoms with Crippen LogP contribution in [0.2, 0.25) is 0 Å². The Hall–Kier alpha value is -3.28. The maximum Gasteiger partial charge on any atom is 0.269 e. The molecule has 0 aliphatic rings. The minimum absolute atomic E-state index is 0.350. The first-order chi connectivity index (χ1) is 13.5. The van der Waals surface area contributed by atoms with Crippen molar-refractivity contribution in [3.05, 3.63) is 65.2 Å². The zero-order valence-corrected chi connectivity index (χ0v) is 16.5. The number of hydrogen-bond donors (Lipinski definition) is 2. The molecule has 2 rings (SSSR count). The van der Waals surface area contributed by atoms with Gasteiger partial charge in [-0.2, -0.15) is 0 Å². The number of methoxy groups -OCH3 is 1. The molecule has 0 saturated carbocycles. The van der Waals surface area contributed by atoms with E-state index in [0.717, 1.165) is 24.0 Å². The van der Waals surface area contributed by atoms with E-state index in [0.29, 0.717) is 23.7 Å². The van der Waals surface area contributed by atoms with Gasteiger partial charge in [0.2, 0.25) is 0 Å². The summed E-state index contributed by atoms with van der Waals surface area (Å²) in [6.07, 6.45) is 5.03. The van der Waals surface area contributed by atoms with E-state index in [-0.39, 0.29) is 0 Å². The molecule has 6 nitrogen and oxygen atoms in total. The van der Waals surface area contributed by atoms with Crippen LogP contribution < -0.4 is 20.3 Å². The van der Waals surface area contributed by atoms with Gasteiger partial charge in [0, 0.05) is 11.6 Å². The second kappa shape index (κ2) is 10.8. The quantitative estimate of drug-likeness (QED) is 0.415. The molecule has 0 radical (unpaired) electrons. The lowest BCUT2D eigenvalue weighted by atomic mass is 10.1. The molecule has 0 unspecified atom stereocenters. The van der Waals surface area contributed by atoms with Crippen LogP contribution in [0.1, 0.15) is 41.3 Å². The third-order valence-corrected chi connectivity index (χ3v) is 4.08. The fourth-order valence-corrected chi connectivity index (χ4v) is 2.43. The van der Waals surface area contributed by atoms with Crippen molar-refractivity contribution in [3.63, 3.8) is 0 Å². The van der Waals surface area contributed by atoms with Gasteiger partial charge in [0.15, 0.2) is 11.5 Å². The van der Waals surface area contributed by atoms with Crippen LogP contribution in [-0.2, 0) is 4.79 Å². The van der Waals surface area contributed by atoms with E-state index in [2.05, 4.69) is 17.8 Å². The highest BCUT2D eigenvalue weighted by atomic mass is 16.5. The Morgan fingerprint density at radius 2 is 1.86 bits per heavy atom. The summed E-state index contributed by atoms with van der Waals surface area (Å²) in [5.74, 6) is 0.173. The van der Waals surface area contributed by atoms with E-state index in [9.17, 15) is 9.59 Å². The van der Waals surface area contributed by atoms with E-state index in [4.69, 9.17) is 9.47 Å². The second-order valence-corrected chi connectivity index (χ2v) is 6.20. The predicted molar refractivity (Wildman–Crippen MR) is 109 cm³/mol. The molecule has 0 bridgehead atoms. The van der Waals surface area contributed by atoms with Gasteiger partial charge in [-0.15, -0.1) is 0 Å². The standard InChI is InChI=1S/C22H26N2O4/c1-4-5-14-28-19-12-10-18(15-20(19)27-3)22(26)24-23-21(25)13-11-17-9-7-6-8-16(17)2/h6-13,15H,4-5,14H2,1-3H3,(H,23,25)(H,24,26)/b13-11+. The molecule has 0 spiro atoms. The van der Waals surface area contributed by atoms with Crippen molar-refractivity contribution >= 4 is 17.9 Å². The van der Waals surface area contributed by atoms with Crippen LogP contribution in [0.25, 0.3) is 6.08 Å². The molecule has 28 heavy (non-hydrogen) atoms. The minimum atomic E-state index is -0.448. The Morgan fingerprint density at radius 1 is 1.07 bits per heavy atom. The fourth-order valence-electron chi connectivity index (χ4n) is 2.43. The Morgan fingerprint density at radius 3 is 2.57 bits per heavy atom. The number of ether oxygens (including phenoxy) is 2. The molecule has 2 amide bonds. The van der Waals surface area contributed by atoms with Crippen molar-refractivity contribution < 1.29 is 19.1 Å². The molecule has 0 fully saturated rings. The van der Waals surface area contributed by atoms with Gasteiger partial charge in [-0.05, 0) is 48.7 Å². The third-order valence-electron chi connectivity index (χ3n) is 4.08. The van der Waals surface area contributed by atoms with Crippen molar-refractivity contribution in [2.75, 3.05) is 13.7 Å². The lowest BCUT2D eigenvalue weighted by Crippen LogP contribution is -2.40. The number of carbonyl (C=O) groups excluding carboxylic acids is 2. The van der Waals surface area contributed by atoms with Gasteiger partial charge in [0.1, 0.15) is 0 Å². The number of hydrazine groups is 1. The van der Waals surface area contributed by atoms with E-state index in [1.165, 1.54) is 13.2 Å². The van der Waals surface area contributed by atoms with Gasteiger partial charge in [-0.25, -0.2) is 0 Å². The van der Waals surface area contributed by atoms with Gasteiger partial charge in [-0.3, -0.25) is 20.4 Å². The summed E-state index contributed by atoms with van der Waals surface area (Å²) in [6.45, 7) is 4.63. The first-order valence-corrected chi connectivity index (χ1v) is 9.20. The molecule has 0 aliphatic heterocycles. The molecule has 0 atom stereocenters. The summed E-state index contributed by atoms with van der Waals surface area (Å²) in [4.78, 5) is 24.2. The number of nitrogens with one attached hydrogen (secondary N) is 2. The molecular formula is C22H26N2O4. The summed E-state index contributed by atoms with van der Waals surface area (Å²) in [6, 6.07) is 12.6. The highest BCUT2D eigenvalue weighted by Gasteiger charge is 2.11. The summed E-state index contributed by atoms with van der Waals surface area (Å²) in [5, 5.41) is 0. The average molecular weight is 382 g/mol. The van der Waals surface area contributed by atoms with E-state index in [1.807, 2.05) is 31.2 Å². The smallest absolute Gasteiger partial charge is 0.269 e. The Balaban J connectivity index is 1.93. The molecule has 0 aromatic heterocycles. The first kappa shape index (κ1) is 21.0. The number of amides is 2. The molecular weight excluding hydrogens is 356 g/mol. The summed E-state index contributed by atoms with van der Waals surface area (Å²) < 4.78 is 10.9. The van der Waals surface area contributed by atoms with Crippen molar-refractivity contribution in [2.24, 2.45) is 0 Å². The molecule has 0 heterocycles. The molecule has 0 aliphatic carbocycles. The Labute approximate surface area is 165 Å². The van der Waals surface area contributed by atoms with E-state index >= 15 is 0 Å². The normalized spacial score (nSPS) is 10.5. The lowest BCUT2D eigenvalue weighted by Gasteiger charge is -2.12. The molecule has 2 aromatic rings. The number of unbranched alkanes of at least 4 members (excludes halogenated alkanes) is 1. The molecule has 148 valence electrons. The van der Waals surface area contributed by atoms with Crippen LogP contribution in [0.5, 0.6) is 11.5 Å². The number of carbonyl (C=O) groups is 2. The van der Waals surface area contributed by atoms with Gasteiger partial charge >= 0.3 is 0 Å². The monoisotopic (exact) mass is 382 g/mol. The van der Waals surface area contributed by atoms with Crippen molar-refractivity contribution in [3.8, 4) is 11.5 Å². The maximum atomic E-state index is 12.3. The molecule has 2 aromatic carbocycles. The van der Waals surface area contributed by atoms with Crippen LogP contribution in [0.3, 0.4) is 0 Å². The maximum absolute atomic E-state index is 12.3. The predicted octanol–water partition coefficient (Wildman–Crippen LogP) is 3.66. The first-order valence-electron chi connectivity index (χ1n) is 9.20. The summed E-state index contributed by atoms with van der Waals surface area (Å²) >= 11 is 0.